The molecule has 0 bridgehead atoms. The second-order valence-electron chi connectivity index (χ2n) is 6.37. The molecule has 1 N–H and O–H groups in total. The minimum absolute atomic E-state index is 0.101. The first kappa shape index (κ1) is 20.9. The molecule has 27 heavy (non-hydrogen) atoms. The molecule has 0 fully saturated rings. The number of amides is 2. The lowest BCUT2D eigenvalue weighted by molar-refractivity contribution is -0.137. The summed E-state index contributed by atoms with van der Waals surface area (Å²) in [4.78, 5) is 30.1. The number of nitrogens with zero attached hydrogens (tertiary/aromatic N) is 2. The van der Waals surface area contributed by atoms with Crippen molar-refractivity contribution in [3.63, 3.8) is 0 Å². The van der Waals surface area contributed by atoms with E-state index in [1.54, 1.807) is 5.38 Å². The topological polar surface area (TPSA) is 62.3 Å². The van der Waals surface area contributed by atoms with Gasteiger partial charge in [0.1, 0.15) is 6.54 Å². The van der Waals surface area contributed by atoms with Crippen molar-refractivity contribution in [2.45, 2.75) is 26.4 Å². The highest BCUT2D eigenvalue weighted by molar-refractivity contribution is 7.13. The van der Waals surface area contributed by atoms with Gasteiger partial charge in [-0.15, -0.1) is 11.3 Å². The molecule has 0 aliphatic heterocycles. The zero-order chi connectivity index (χ0) is 20.0. The first-order valence-electron chi connectivity index (χ1n) is 8.32. The van der Waals surface area contributed by atoms with Crippen molar-refractivity contribution in [3.05, 3.63) is 47.0 Å². The molecule has 9 heteroatoms. The molecule has 2 rings (SSSR count). The van der Waals surface area contributed by atoms with Crippen molar-refractivity contribution in [2.24, 2.45) is 5.92 Å². The SMILES string of the molecule is CC(C)CCN(CC(=O)Nc1nccs1)C(=O)c1cccc(C(F)(F)F)c1. The van der Waals surface area contributed by atoms with Gasteiger partial charge < -0.3 is 10.2 Å². The highest BCUT2D eigenvalue weighted by atomic mass is 32.1. The van der Waals surface area contributed by atoms with Gasteiger partial charge in [-0.2, -0.15) is 13.2 Å². The molecule has 0 aliphatic carbocycles. The van der Waals surface area contributed by atoms with Gasteiger partial charge in [-0.25, -0.2) is 4.98 Å². The second-order valence-corrected chi connectivity index (χ2v) is 7.27. The second kappa shape index (κ2) is 8.98. The number of halogens is 3. The van der Waals surface area contributed by atoms with E-state index < -0.39 is 23.6 Å². The van der Waals surface area contributed by atoms with E-state index in [2.05, 4.69) is 10.3 Å². The number of nitrogens with one attached hydrogen (secondary N) is 1. The number of carbonyl (C=O) groups excluding carboxylic acids is 2. The molecule has 0 unspecified atom stereocenters. The standard InChI is InChI=1S/C18H20F3N3O2S/c1-12(2)6-8-24(11-15(25)23-17-22-7-9-27-17)16(26)13-4-3-5-14(10-13)18(19,20)21/h3-5,7,9-10,12H,6,8,11H2,1-2H3,(H,22,23,25). The third kappa shape index (κ3) is 6.35. The fraction of sp³-hybridized carbons (Fsp3) is 0.389. The Morgan fingerprint density at radius 2 is 2.04 bits per heavy atom. The van der Waals surface area contributed by atoms with Gasteiger partial charge in [-0.1, -0.05) is 19.9 Å². The van der Waals surface area contributed by atoms with Crippen molar-refractivity contribution in [2.75, 3.05) is 18.4 Å². The molecule has 0 atom stereocenters. The Balaban J connectivity index is 2.16. The average molecular weight is 399 g/mol. The van der Waals surface area contributed by atoms with Crippen LogP contribution in [0, 0.1) is 5.92 Å². The smallest absolute Gasteiger partial charge is 0.329 e. The molecule has 0 aliphatic rings. The van der Waals surface area contributed by atoms with E-state index in [4.69, 9.17) is 0 Å². The Bertz CT molecular complexity index is 776. The largest absolute Gasteiger partial charge is 0.416 e. The fourth-order valence-corrected chi connectivity index (χ4v) is 2.84. The van der Waals surface area contributed by atoms with Crippen molar-refractivity contribution in [1.29, 1.82) is 0 Å². The molecule has 0 spiro atoms. The number of rotatable bonds is 7. The van der Waals surface area contributed by atoms with E-state index in [0.29, 0.717) is 11.6 Å². The third-order valence-electron chi connectivity index (χ3n) is 3.71. The molecular weight excluding hydrogens is 379 g/mol. The number of benzene rings is 1. The quantitative estimate of drug-likeness (QED) is 0.756. The number of anilines is 1. The first-order valence-corrected chi connectivity index (χ1v) is 9.20. The van der Waals surface area contributed by atoms with Gasteiger partial charge in [0.05, 0.1) is 5.56 Å². The van der Waals surface area contributed by atoms with Crippen molar-refractivity contribution in [3.8, 4) is 0 Å². The van der Waals surface area contributed by atoms with Gasteiger partial charge in [0.25, 0.3) is 5.91 Å². The predicted octanol–water partition coefficient (Wildman–Crippen LogP) is 4.29. The third-order valence-corrected chi connectivity index (χ3v) is 4.40. The van der Waals surface area contributed by atoms with Crippen molar-refractivity contribution < 1.29 is 22.8 Å². The van der Waals surface area contributed by atoms with Gasteiger partial charge in [-0.05, 0) is 30.5 Å². The highest BCUT2D eigenvalue weighted by Gasteiger charge is 2.31. The van der Waals surface area contributed by atoms with Gasteiger partial charge in [0, 0.05) is 23.7 Å². The van der Waals surface area contributed by atoms with Gasteiger partial charge >= 0.3 is 6.18 Å². The van der Waals surface area contributed by atoms with Crippen LogP contribution in [0.5, 0.6) is 0 Å². The van der Waals surface area contributed by atoms with Gasteiger partial charge in [-0.3, -0.25) is 9.59 Å². The molecule has 0 saturated carbocycles. The highest BCUT2D eigenvalue weighted by Crippen LogP contribution is 2.29. The predicted molar refractivity (Wildman–Crippen MR) is 97.5 cm³/mol. The number of carbonyl (C=O) groups is 2. The van der Waals surface area contributed by atoms with Crippen LogP contribution in [0.1, 0.15) is 36.2 Å². The van der Waals surface area contributed by atoms with Crippen LogP contribution < -0.4 is 5.32 Å². The van der Waals surface area contributed by atoms with Crippen molar-refractivity contribution in [1.82, 2.24) is 9.88 Å². The minimum atomic E-state index is -4.54. The van der Waals surface area contributed by atoms with E-state index in [1.807, 2.05) is 13.8 Å². The summed E-state index contributed by atoms with van der Waals surface area (Å²) in [5, 5.41) is 4.67. The van der Waals surface area contributed by atoms with E-state index in [1.165, 1.54) is 34.6 Å². The normalized spacial score (nSPS) is 11.5. The fourth-order valence-electron chi connectivity index (χ4n) is 2.29. The Morgan fingerprint density at radius 3 is 2.63 bits per heavy atom. The van der Waals surface area contributed by atoms with E-state index >= 15 is 0 Å². The average Bonchev–Trinajstić information content (AvgIpc) is 3.10. The number of aromatic nitrogens is 1. The summed E-state index contributed by atoms with van der Waals surface area (Å²) < 4.78 is 38.7. The summed E-state index contributed by atoms with van der Waals surface area (Å²) in [6.45, 7) is 3.92. The number of hydrogen-bond donors (Lipinski definition) is 1. The van der Waals surface area contributed by atoms with Crippen LogP contribution in [0.25, 0.3) is 0 Å². The van der Waals surface area contributed by atoms with Crippen molar-refractivity contribution >= 4 is 28.3 Å². The molecule has 1 aromatic heterocycles. The van der Waals surface area contributed by atoms with Crippen LogP contribution >= 0.6 is 11.3 Å². The van der Waals surface area contributed by atoms with Crippen LogP contribution in [-0.2, 0) is 11.0 Å². The molecule has 2 aromatic rings. The Kier molecular flexibility index (Phi) is 6.95. The maximum absolute atomic E-state index is 12.9. The molecular formula is C18H20F3N3O2S. The summed E-state index contributed by atoms with van der Waals surface area (Å²) in [5.74, 6) is -0.797. The number of thiazole rings is 1. The molecule has 0 saturated heterocycles. The molecule has 1 heterocycles. The first-order chi connectivity index (χ1) is 12.7. The molecule has 2 amide bonds. The summed E-state index contributed by atoms with van der Waals surface area (Å²) in [5.41, 5.74) is -1.000. The summed E-state index contributed by atoms with van der Waals surface area (Å²) in [6, 6.07) is 4.22. The molecule has 146 valence electrons. The monoisotopic (exact) mass is 399 g/mol. The lowest BCUT2D eigenvalue weighted by Crippen LogP contribution is -2.39. The van der Waals surface area contributed by atoms with Crippen LogP contribution in [0.15, 0.2) is 35.8 Å². The number of hydrogen-bond acceptors (Lipinski definition) is 4. The lowest BCUT2D eigenvalue weighted by atomic mass is 10.1. The zero-order valence-corrected chi connectivity index (χ0v) is 15.7. The molecule has 0 radical (unpaired) electrons. The van der Waals surface area contributed by atoms with Crippen LogP contribution in [0.4, 0.5) is 18.3 Å². The van der Waals surface area contributed by atoms with Crippen LogP contribution in [-0.4, -0.2) is 34.8 Å². The lowest BCUT2D eigenvalue weighted by Gasteiger charge is -2.23. The van der Waals surface area contributed by atoms with Crippen LogP contribution in [0.3, 0.4) is 0 Å². The van der Waals surface area contributed by atoms with E-state index in [9.17, 15) is 22.8 Å². The maximum Gasteiger partial charge on any atom is 0.416 e. The molecule has 5 nitrogen and oxygen atoms in total. The maximum atomic E-state index is 12.9. The number of alkyl halides is 3. The Labute approximate surface area is 159 Å². The summed E-state index contributed by atoms with van der Waals surface area (Å²) >= 11 is 1.23. The minimum Gasteiger partial charge on any atom is -0.329 e. The molecule has 1 aromatic carbocycles. The van der Waals surface area contributed by atoms with Gasteiger partial charge in [0.2, 0.25) is 5.91 Å². The van der Waals surface area contributed by atoms with E-state index in [0.717, 1.165) is 12.1 Å². The zero-order valence-electron chi connectivity index (χ0n) is 14.9. The van der Waals surface area contributed by atoms with Gasteiger partial charge in [0.15, 0.2) is 5.13 Å². The van der Waals surface area contributed by atoms with Crippen LogP contribution in [0.2, 0.25) is 0 Å². The summed E-state index contributed by atoms with van der Waals surface area (Å²) in [6.07, 6.45) is -2.39. The Morgan fingerprint density at radius 1 is 1.30 bits per heavy atom. The summed E-state index contributed by atoms with van der Waals surface area (Å²) in [7, 11) is 0. The van der Waals surface area contributed by atoms with E-state index in [-0.39, 0.29) is 24.6 Å². The Hall–Kier alpha value is -2.42.